The van der Waals surface area contributed by atoms with Gasteiger partial charge < -0.3 is 10.6 Å². The van der Waals surface area contributed by atoms with Crippen LogP contribution in [0.1, 0.15) is 67.8 Å². The fourth-order valence-electron chi connectivity index (χ4n) is 6.69. The number of imide groups is 1. The first-order chi connectivity index (χ1) is 18.9. The Morgan fingerprint density at radius 2 is 1.90 bits per heavy atom. The smallest absolute Gasteiger partial charge is 0.259 e. The van der Waals surface area contributed by atoms with Crippen LogP contribution in [0.25, 0.3) is 10.8 Å². The highest BCUT2D eigenvalue weighted by Gasteiger charge is 2.41. The van der Waals surface area contributed by atoms with Crippen molar-refractivity contribution in [3.05, 3.63) is 53.2 Å². The predicted molar refractivity (Wildman–Crippen MR) is 153 cm³/mol. The standard InChI is InChI=1S/C31H37N5O3/c1-19(21-4-2-5-21)35-14-12-23(13-15-35)33-18-20(17-32)16-22-8-9-26-29-24(22)6-3-7-25(29)31(39)36(26)27-10-11-28(37)34-30(27)38/h3,6-9,17-19,21,23,27H,2,4-5,10-16,32H2,1H3,(H,34,37,38)/b20-17-,33-18?. The molecule has 3 heterocycles. The monoisotopic (exact) mass is 527 g/mol. The van der Waals surface area contributed by atoms with Crippen LogP contribution in [0.5, 0.6) is 0 Å². The lowest BCUT2D eigenvalue weighted by molar-refractivity contribution is -0.134. The number of hydrogen-bond donors (Lipinski definition) is 2. The van der Waals surface area contributed by atoms with E-state index in [0.717, 1.165) is 59.4 Å². The lowest BCUT2D eigenvalue weighted by Crippen LogP contribution is -2.53. The van der Waals surface area contributed by atoms with Gasteiger partial charge in [-0.1, -0.05) is 24.6 Å². The minimum absolute atomic E-state index is 0.198. The summed E-state index contributed by atoms with van der Waals surface area (Å²) in [6, 6.07) is 9.95. The van der Waals surface area contributed by atoms with Crippen LogP contribution in [0.4, 0.5) is 5.69 Å². The van der Waals surface area contributed by atoms with Gasteiger partial charge in [-0.15, -0.1) is 0 Å². The topological polar surface area (TPSA) is 108 Å². The van der Waals surface area contributed by atoms with E-state index in [1.165, 1.54) is 19.3 Å². The second kappa shape index (κ2) is 10.6. The number of allylic oxidation sites excluding steroid dienone is 1. The number of nitrogens with one attached hydrogen (secondary N) is 1. The van der Waals surface area contributed by atoms with E-state index >= 15 is 0 Å². The third kappa shape index (κ3) is 4.75. The molecule has 6 rings (SSSR count). The summed E-state index contributed by atoms with van der Waals surface area (Å²) in [5, 5.41) is 4.20. The lowest BCUT2D eigenvalue weighted by Gasteiger charge is -2.42. The first-order valence-corrected chi connectivity index (χ1v) is 14.3. The van der Waals surface area contributed by atoms with E-state index in [-0.39, 0.29) is 18.2 Å². The zero-order valence-electron chi connectivity index (χ0n) is 22.6. The van der Waals surface area contributed by atoms with E-state index in [1.807, 2.05) is 36.5 Å². The van der Waals surface area contributed by atoms with Gasteiger partial charge in [0.2, 0.25) is 11.8 Å². The molecule has 2 atom stereocenters. The molecule has 204 valence electrons. The number of carbonyl (C=O) groups is 3. The van der Waals surface area contributed by atoms with Crippen LogP contribution in [-0.4, -0.2) is 60.1 Å². The molecule has 3 fully saturated rings. The van der Waals surface area contributed by atoms with Crippen molar-refractivity contribution >= 4 is 40.4 Å². The fourth-order valence-corrected chi connectivity index (χ4v) is 6.69. The first-order valence-electron chi connectivity index (χ1n) is 14.3. The van der Waals surface area contributed by atoms with Crippen LogP contribution in [0.3, 0.4) is 0 Å². The maximum absolute atomic E-state index is 13.4. The molecule has 1 aliphatic carbocycles. The largest absolute Gasteiger partial charge is 0.404 e. The molecule has 1 saturated carbocycles. The van der Waals surface area contributed by atoms with Gasteiger partial charge in [0.25, 0.3) is 5.91 Å². The van der Waals surface area contributed by atoms with E-state index in [4.69, 9.17) is 10.7 Å². The minimum atomic E-state index is -0.689. The van der Waals surface area contributed by atoms with E-state index in [0.29, 0.717) is 30.5 Å². The number of nitrogens with two attached hydrogens (primary N) is 1. The zero-order chi connectivity index (χ0) is 27.1. The maximum Gasteiger partial charge on any atom is 0.259 e. The summed E-state index contributed by atoms with van der Waals surface area (Å²) in [5.74, 6) is -0.0349. The zero-order valence-corrected chi connectivity index (χ0v) is 22.6. The van der Waals surface area contributed by atoms with E-state index in [9.17, 15) is 14.4 Å². The van der Waals surface area contributed by atoms with Crippen LogP contribution in [-0.2, 0) is 16.0 Å². The Bertz CT molecular complexity index is 1370. The molecular formula is C31H37N5O3. The van der Waals surface area contributed by atoms with Crippen molar-refractivity contribution in [2.24, 2.45) is 16.6 Å². The number of amides is 3. The summed E-state index contributed by atoms with van der Waals surface area (Å²) in [7, 11) is 0. The van der Waals surface area contributed by atoms with Crippen molar-refractivity contribution in [2.75, 3.05) is 18.0 Å². The Labute approximate surface area is 229 Å². The summed E-state index contributed by atoms with van der Waals surface area (Å²) < 4.78 is 0. The Balaban J connectivity index is 1.17. The number of carbonyl (C=O) groups excluding carboxylic acids is 3. The highest BCUT2D eigenvalue weighted by Crippen LogP contribution is 2.41. The number of nitrogens with zero attached hydrogens (tertiary/aromatic N) is 3. The van der Waals surface area contributed by atoms with Gasteiger partial charge >= 0.3 is 0 Å². The van der Waals surface area contributed by atoms with Gasteiger partial charge in [-0.3, -0.25) is 29.6 Å². The van der Waals surface area contributed by atoms with E-state index in [2.05, 4.69) is 17.1 Å². The Hall–Kier alpha value is -3.52. The van der Waals surface area contributed by atoms with Crippen molar-refractivity contribution in [2.45, 2.75) is 76.4 Å². The average Bonchev–Trinajstić information content (AvgIpc) is 3.19. The summed E-state index contributed by atoms with van der Waals surface area (Å²) in [6.45, 7) is 4.60. The second-order valence-corrected chi connectivity index (χ2v) is 11.5. The highest BCUT2D eigenvalue weighted by atomic mass is 16.2. The molecule has 2 unspecified atom stereocenters. The molecule has 3 amide bonds. The molecule has 0 radical (unpaired) electrons. The normalized spacial score (nSPS) is 24.0. The molecule has 2 aromatic rings. The molecule has 0 bridgehead atoms. The Kier molecular flexibility index (Phi) is 6.97. The highest BCUT2D eigenvalue weighted by molar-refractivity contribution is 6.27. The molecule has 0 spiro atoms. The number of anilines is 1. The maximum atomic E-state index is 13.4. The van der Waals surface area contributed by atoms with Gasteiger partial charge in [0, 0.05) is 49.1 Å². The summed E-state index contributed by atoms with van der Waals surface area (Å²) in [4.78, 5) is 46.8. The van der Waals surface area contributed by atoms with Crippen LogP contribution >= 0.6 is 0 Å². The molecular weight excluding hydrogens is 490 g/mol. The summed E-state index contributed by atoms with van der Waals surface area (Å²) in [5.41, 5.74) is 9.34. The van der Waals surface area contributed by atoms with Gasteiger partial charge in [-0.05, 0) is 79.8 Å². The number of piperidine rings is 2. The third-order valence-corrected chi connectivity index (χ3v) is 9.31. The molecule has 8 heteroatoms. The molecule has 2 aromatic carbocycles. The quantitative estimate of drug-likeness (QED) is 0.422. The molecule has 3 aliphatic heterocycles. The predicted octanol–water partition coefficient (Wildman–Crippen LogP) is 3.71. The van der Waals surface area contributed by atoms with Crippen molar-refractivity contribution in [3.8, 4) is 0 Å². The van der Waals surface area contributed by atoms with E-state index in [1.54, 1.807) is 11.1 Å². The molecule has 3 N–H and O–H groups in total. The molecule has 0 aromatic heterocycles. The number of likely N-dealkylation sites (tertiary alicyclic amines) is 1. The fraction of sp³-hybridized carbons (Fsp3) is 0.484. The van der Waals surface area contributed by atoms with Crippen LogP contribution < -0.4 is 16.0 Å². The first kappa shape index (κ1) is 25.7. The molecule has 8 nitrogen and oxygen atoms in total. The number of rotatable bonds is 7. The number of hydrogen-bond acceptors (Lipinski definition) is 6. The van der Waals surface area contributed by atoms with Gasteiger partial charge in [0.05, 0.1) is 11.7 Å². The third-order valence-electron chi connectivity index (χ3n) is 9.31. The van der Waals surface area contributed by atoms with Crippen LogP contribution in [0.2, 0.25) is 0 Å². The van der Waals surface area contributed by atoms with E-state index < -0.39 is 11.9 Å². The number of aliphatic imine (C=N–C) groups is 1. The Morgan fingerprint density at radius 3 is 2.59 bits per heavy atom. The SMILES string of the molecule is CC(C1CCC1)N1CCC(N=C/C(=C\N)Cc2ccc3c4c(cccc24)C(=O)N3C2CCC(=O)NC2=O)CC1. The van der Waals surface area contributed by atoms with Gasteiger partial charge in [-0.2, -0.15) is 0 Å². The van der Waals surface area contributed by atoms with Gasteiger partial charge in [0.15, 0.2) is 0 Å². The molecule has 2 saturated heterocycles. The molecule has 4 aliphatic rings. The molecule has 39 heavy (non-hydrogen) atoms. The Morgan fingerprint density at radius 1 is 1.10 bits per heavy atom. The van der Waals surface area contributed by atoms with Gasteiger partial charge in [-0.25, -0.2) is 0 Å². The summed E-state index contributed by atoms with van der Waals surface area (Å²) >= 11 is 0. The lowest BCUT2D eigenvalue weighted by atomic mass is 9.79. The average molecular weight is 528 g/mol. The van der Waals surface area contributed by atoms with Crippen molar-refractivity contribution in [3.63, 3.8) is 0 Å². The van der Waals surface area contributed by atoms with Crippen LogP contribution in [0.15, 0.2) is 47.1 Å². The second-order valence-electron chi connectivity index (χ2n) is 11.5. The van der Waals surface area contributed by atoms with Crippen molar-refractivity contribution < 1.29 is 14.4 Å². The van der Waals surface area contributed by atoms with Crippen molar-refractivity contribution in [1.29, 1.82) is 0 Å². The van der Waals surface area contributed by atoms with Crippen LogP contribution in [0, 0.1) is 5.92 Å². The minimum Gasteiger partial charge on any atom is -0.404 e. The summed E-state index contributed by atoms with van der Waals surface area (Å²) in [6.07, 6.45) is 11.0. The van der Waals surface area contributed by atoms with Gasteiger partial charge in [0.1, 0.15) is 6.04 Å². The number of benzene rings is 2. The van der Waals surface area contributed by atoms with Crippen molar-refractivity contribution in [1.82, 2.24) is 10.2 Å².